The molecule has 0 aliphatic heterocycles. The molecule has 0 atom stereocenters. The summed E-state index contributed by atoms with van der Waals surface area (Å²) in [4.78, 5) is 4.71. The highest BCUT2D eigenvalue weighted by molar-refractivity contribution is 7.25. The lowest BCUT2D eigenvalue weighted by molar-refractivity contribution is 0.660. The maximum Gasteiger partial charge on any atom is 0.135 e. The van der Waals surface area contributed by atoms with E-state index in [4.69, 9.17) is 4.42 Å². The highest BCUT2D eigenvalue weighted by Gasteiger charge is 2.37. The first-order valence-corrected chi connectivity index (χ1v) is 39.6. The van der Waals surface area contributed by atoms with Gasteiger partial charge in [0, 0.05) is 75.9 Å². The number of fused-ring (bicyclic) bond motifs is 12. The van der Waals surface area contributed by atoms with Crippen molar-refractivity contribution in [2.24, 2.45) is 0 Å². The summed E-state index contributed by atoms with van der Waals surface area (Å²) in [5, 5.41) is 4.92. The Morgan fingerprint density at radius 3 is 0.902 bits per heavy atom. The van der Waals surface area contributed by atoms with Gasteiger partial charge in [0.1, 0.15) is 11.2 Å². The molecule has 532 valence electrons. The van der Waals surface area contributed by atoms with E-state index in [1.807, 2.05) is 23.5 Å². The van der Waals surface area contributed by atoms with Crippen LogP contribution in [0, 0.1) is 0 Å². The van der Waals surface area contributed by atoms with E-state index in [2.05, 4.69) is 426 Å². The number of hydrogen-bond acceptors (Lipinski definition) is 4. The summed E-state index contributed by atoms with van der Waals surface area (Å²) in [6, 6.07) is 146. The number of rotatable bonds is 13. The monoisotopic (exact) mass is 1450 g/mol. The fourth-order valence-electron chi connectivity index (χ4n) is 17.4. The largest absolute Gasteiger partial charge is 0.456 e. The van der Waals surface area contributed by atoms with Gasteiger partial charge >= 0.3 is 0 Å². The van der Waals surface area contributed by atoms with Gasteiger partial charge in [0.25, 0.3) is 0 Å². The Hall–Kier alpha value is -13.6. The van der Waals surface area contributed by atoms with Crippen LogP contribution in [-0.2, 0) is 10.8 Å². The Bertz CT molecular complexity index is 6430. The Balaban J connectivity index is 0.000000148. The van der Waals surface area contributed by atoms with Gasteiger partial charge in [-0.25, -0.2) is 0 Å². The molecule has 3 nitrogen and oxygen atoms in total. The summed E-state index contributed by atoms with van der Waals surface area (Å²) in [5.74, 6) is 0. The third-order valence-corrected chi connectivity index (χ3v) is 24.6. The second kappa shape index (κ2) is 27.8. The first-order valence-electron chi connectivity index (χ1n) is 38.7. The van der Waals surface area contributed by atoms with Crippen molar-refractivity contribution < 1.29 is 4.42 Å². The lowest BCUT2D eigenvalue weighted by atomic mass is 9.81. The fraction of sp³-hybridized carbons (Fsp3) is 0.0556. The average Bonchev–Trinajstić information content (AvgIpc) is 1.58. The third-order valence-electron chi connectivity index (χ3n) is 23.4. The molecule has 2 heterocycles. The lowest BCUT2D eigenvalue weighted by Gasteiger charge is -2.26. The Labute approximate surface area is 658 Å². The molecule has 17 aromatic carbocycles. The molecule has 2 aromatic heterocycles. The topological polar surface area (TPSA) is 19.6 Å². The van der Waals surface area contributed by atoms with Crippen LogP contribution in [0.15, 0.2) is 405 Å². The van der Waals surface area contributed by atoms with E-state index in [1.54, 1.807) is 0 Å². The minimum Gasteiger partial charge on any atom is -0.456 e. The third kappa shape index (κ3) is 12.2. The van der Waals surface area contributed by atoms with Crippen LogP contribution in [0.5, 0.6) is 0 Å². The van der Waals surface area contributed by atoms with E-state index in [9.17, 15) is 0 Å². The van der Waals surface area contributed by atoms with Gasteiger partial charge in [-0.15, -0.1) is 11.3 Å². The van der Waals surface area contributed by atoms with E-state index >= 15 is 0 Å². The second-order valence-electron chi connectivity index (χ2n) is 30.7. The molecule has 0 spiro atoms. The number of benzene rings is 17. The fourth-order valence-corrected chi connectivity index (χ4v) is 18.5. The second-order valence-corrected chi connectivity index (χ2v) is 31.8. The van der Waals surface area contributed by atoms with Crippen molar-refractivity contribution in [2.75, 3.05) is 9.80 Å². The number of anilines is 6. The molecule has 0 amide bonds. The zero-order valence-electron chi connectivity index (χ0n) is 62.8. The van der Waals surface area contributed by atoms with Crippen LogP contribution in [-0.4, -0.2) is 0 Å². The number of para-hydroxylation sites is 1. The van der Waals surface area contributed by atoms with Crippen LogP contribution < -0.4 is 9.80 Å². The predicted molar refractivity (Wildman–Crippen MR) is 476 cm³/mol. The molecule has 0 bridgehead atoms. The van der Waals surface area contributed by atoms with Gasteiger partial charge in [-0.05, 0) is 244 Å². The van der Waals surface area contributed by atoms with E-state index in [0.717, 1.165) is 61.6 Å². The van der Waals surface area contributed by atoms with Crippen molar-refractivity contribution >= 4 is 87.6 Å². The molecule has 0 radical (unpaired) electrons. The van der Waals surface area contributed by atoms with Crippen LogP contribution in [0.4, 0.5) is 34.1 Å². The summed E-state index contributed by atoms with van der Waals surface area (Å²) in [6.07, 6.45) is 0. The molecule has 112 heavy (non-hydrogen) atoms. The molecule has 0 saturated carbocycles. The lowest BCUT2D eigenvalue weighted by Crippen LogP contribution is -2.14. The van der Waals surface area contributed by atoms with Crippen molar-refractivity contribution in [3.8, 4) is 100 Å². The molecule has 0 N–H and O–H groups in total. The summed E-state index contributed by atoms with van der Waals surface area (Å²) < 4.78 is 8.74. The number of thiophene rings is 1. The molecular weight excluding hydrogens is 1370 g/mol. The first-order chi connectivity index (χ1) is 55.0. The van der Waals surface area contributed by atoms with Gasteiger partial charge in [0.15, 0.2) is 0 Å². The van der Waals surface area contributed by atoms with Crippen molar-refractivity contribution in [1.29, 1.82) is 0 Å². The first kappa shape index (κ1) is 67.7. The quantitative estimate of drug-likeness (QED) is 0.115. The highest BCUT2D eigenvalue weighted by Crippen LogP contribution is 2.52. The summed E-state index contributed by atoms with van der Waals surface area (Å²) >= 11 is 1.86. The van der Waals surface area contributed by atoms with E-state index in [-0.39, 0.29) is 10.8 Å². The maximum atomic E-state index is 6.09. The van der Waals surface area contributed by atoms with Gasteiger partial charge in [0.2, 0.25) is 0 Å². The molecule has 2 aliphatic rings. The Kier molecular flexibility index (Phi) is 16.8. The van der Waals surface area contributed by atoms with Crippen molar-refractivity contribution in [1.82, 2.24) is 0 Å². The van der Waals surface area contributed by atoms with Gasteiger partial charge < -0.3 is 14.2 Å². The smallest absolute Gasteiger partial charge is 0.135 e. The predicted octanol–water partition coefficient (Wildman–Crippen LogP) is 30.9. The van der Waals surface area contributed by atoms with Gasteiger partial charge in [-0.3, -0.25) is 0 Å². The van der Waals surface area contributed by atoms with E-state index < -0.39 is 0 Å². The molecule has 0 fully saturated rings. The van der Waals surface area contributed by atoms with Gasteiger partial charge in [0.05, 0.1) is 0 Å². The van der Waals surface area contributed by atoms with Gasteiger partial charge in [-0.1, -0.05) is 307 Å². The van der Waals surface area contributed by atoms with Crippen molar-refractivity contribution in [3.63, 3.8) is 0 Å². The zero-order valence-corrected chi connectivity index (χ0v) is 63.6. The SMILES string of the molecule is CC1(C)c2ccccc2-c2ccc(-c3ccc(N(c4ccc(-c5ccc(-c6ccccc6)cc5)cc4)c4ccc(-c5ccc6c(c5)C(C)(C)c5ccccc5-6)cc4)cc3)cc21.c1ccc(-c2ccc(N(c3ccc(-c4ccc5oc6ccccc6c5c4)cc3)c3ccc(-c4ccc5sc6ccccc6c5c4)cc3)cc2)cc1. The van der Waals surface area contributed by atoms with E-state index in [0.29, 0.717) is 0 Å². The Morgan fingerprint density at radius 1 is 0.196 bits per heavy atom. The molecule has 4 heteroatoms. The Morgan fingerprint density at radius 2 is 0.473 bits per heavy atom. The van der Waals surface area contributed by atoms with Crippen molar-refractivity contribution in [2.45, 2.75) is 38.5 Å². The summed E-state index contributed by atoms with van der Waals surface area (Å²) in [7, 11) is 0. The molecular formula is C108H78N2OS. The van der Waals surface area contributed by atoms with Crippen LogP contribution in [0.2, 0.25) is 0 Å². The maximum absolute atomic E-state index is 6.09. The highest BCUT2D eigenvalue weighted by atomic mass is 32.1. The van der Waals surface area contributed by atoms with Crippen LogP contribution in [0.3, 0.4) is 0 Å². The van der Waals surface area contributed by atoms with Crippen LogP contribution in [0.1, 0.15) is 49.9 Å². The normalized spacial score (nSPS) is 12.8. The minimum atomic E-state index is -0.0397. The number of furan rings is 1. The average molecular weight is 1450 g/mol. The summed E-state index contributed by atoms with van der Waals surface area (Å²) in [5.41, 5.74) is 36.3. The molecule has 0 unspecified atom stereocenters. The molecule has 19 aromatic rings. The van der Waals surface area contributed by atoms with Crippen molar-refractivity contribution in [3.05, 3.63) is 423 Å². The zero-order chi connectivity index (χ0) is 75.0. The van der Waals surface area contributed by atoms with Gasteiger partial charge in [-0.2, -0.15) is 0 Å². The molecule has 2 aliphatic carbocycles. The minimum absolute atomic E-state index is 0.0397. The molecule has 0 saturated heterocycles. The standard InChI is InChI=1S/C60H47N.C48H31NOS/c1-59(2)55-16-10-8-14-51(55)53-36-28-46(38-57(53)59)44-24-32-49(33-25-44)61(48-30-22-43(23-31-48)42-20-18-41(19-21-42)40-12-6-5-7-13-40)50-34-26-45(27-35-50)47-29-37-54-52-15-9-11-17-56(52)60(3,4)58(54)39-47;1-2-8-32(9-3-1)33-14-22-38(23-15-33)49(39-24-16-34(17-25-39)36-20-28-46-43(30-36)41-10-4-6-12-45(41)50-46)40-26-18-35(19-27-40)37-21-29-48-44(31-37)42-11-5-7-13-47(42)51-48/h5-39H,1-4H3;1-31H. The molecule has 21 rings (SSSR count). The van der Waals surface area contributed by atoms with E-state index in [1.165, 1.54) is 137 Å². The summed E-state index contributed by atoms with van der Waals surface area (Å²) in [6.45, 7) is 9.40. The number of nitrogens with zero attached hydrogens (tertiary/aromatic N) is 2. The number of hydrogen-bond donors (Lipinski definition) is 0. The van der Waals surface area contributed by atoms with Crippen LogP contribution >= 0.6 is 11.3 Å². The van der Waals surface area contributed by atoms with Crippen LogP contribution in [0.25, 0.3) is 142 Å².